The van der Waals surface area contributed by atoms with Crippen LogP contribution in [-0.2, 0) is 0 Å². The standard InChI is InChI=1S/C20H29Cl2N5O/c21-17-2-1-3-18(19(17)22)25-11-10-23-9-8-15-4-6-16(7-5-15)26-20(28)27-13-12-24-14-27/h1,3,12-17,19,23H,2,4-11H2,(H,26,28). The van der Waals surface area contributed by atoms with Crippen molar-refractivity contribution in [1.29, 1.82) is 0 Å². The van der Waals surface area contributed by atoms with Gasteiger partial charge in [-0.25, -0.2) is 9.78 Å². The van der Waals surface area contributed by atoms with Crippen molar-refractivity contribution in [1.82, 2.24) is 20.2 Å². The molecule has 1 aromatic heterocycles. The Morgan fingerprint density at radius 3 is 2.82 bits per heavy atom. The van der Waals surface area contributed by atoms with Crippen LogP contribution in [0.4, 0.5) is 4.79 Å². The molecule has 8 heteroatoms. The summed E-state index contributed by atoms with van der Waals surface area (Å²) in [5.41, 5.74) is 0.894. The van der Waals surface area contributed by atoms with Crippen molar-refractivity contribution in [3.05, 3.63) is 30.9 Å². The highest BCUT2D eigenvalue weighted by molar-refractivity contribution is 6.40. The molecule has 1 saturated carbocycles. The first-order chi connectivity index (χ1) is 13.6. The zero-order valence-corrected chi connectivity index (χ0v) is 17.6. The van der Waals surface area contributed by atoms with Crippen molar-refractivity contribution in [2.75, 3.05) is 19.6 Å². The summed E-state index contributed by atoms with van der Waals surface area (Å²) in [5, 5.41) is 6.32. The number of rotatable bonds is 7. The largest absolute Gasteiger partial charge is 0.335 e. The maximum Gasteiger partial charge on any atom is 0.327 e. The summed E-state index contributed by atoms with van der Waals surface area (Å²) in [5.74, 6) is 0.728. The highest BCUT2D eigenvalue weighted by Gasteiger charge is 2.23. The van der Waals surface area contributed by atoms with Crippen molar-refractivity contribution in [3.63, 3.8) is 0 Å². The lowest BCUT2D eigenvalue weighted by Crippen LogP contribution is -2.39. The highest BCUT2D eigenvalue weighted by Crippen LogP contribution is 2.26. The molecule has 28 heavy (non-hydrogen) atoms. The molecule has 0 saturated heterocycles. The number of carbonyl (C=O) groups is 1. The number of allylic oxidation sites excluding steroid dienone is 2. The average molecular weight is 426 g/mol. The number of aliphatic imine (C=N–C) groups is 1. The Balaban J connectivity index is 1.25. The topological polar surface area (TPSA) is 71.3 Å². The summed E-state index contributed by atoms with van der Waals surface area (Å²) in [6.45, 7) is 2.57. The second kappa shape index (κ2) is 11.0. The molecule has 2 N–H and O–H groups in total. The van der Waals surface area contributed by atoms with Crippen LogP contribution in [0.3, 0.4) is 0 Å². The van der Waals surface area contributed by atoms with Crippen LogP contribution in [0.25, 0.3) is 0 Å². The van der Waals surface area contributed by atoms with Gasteiger partial charge in [-0.15, -0.1) is 23.2 Å². The molecular weight excluding hydrogens is 397 g/mol. The molecule has 0 aliphatic heterocycles. The van der Waals surface area contributed by atoms with Crippen LogP contribution in [0.15, 0.2) is 35.9 Å². The van der Waals surface area contributed by atoms with Crippen LogP contribution in [0, 0.1) is 5.92 Å². The molecule has 3 rings (SSSR count). The Bertz CT molecular complexity index is 668. The molecule has 2 atom stereocenters. The second-order valence-corrected chi connectivity index (χ2v) is 8.57. The van der Waals surface area contributed by atoms with Crippen LogP contribution < -0.4 is 10.6 Å². The number of alkyl halides is 2. The Morgan fingerprint density at radius 2 is 2.07 bits per heavy atom. The number of carbonyl (C=O) groups excluding carboxylic acids is 1. The summed E-state index contributed by atoms with van der Waals surface area (Å²) >= 11 is 12.4. The summed E-state index contributed by atoms with van der Waals surface area (Å²) in [4.78, 5) is 20.5. The fourth-order valence-corrected chi connectivity index (χ4v) is 4.25. The number of halogens is 2. The van der Waals surface area contributed by atoms with Crippen LogP contribution in [-0.4, -0.2) is 57.7 Å². The smallest absolute Gasteiger partial charge is 0.327 e. The Hall–Kier alpha value is -1.37. The minimum Gasteiger partial charge on any atom is -0.335 e. The van der Waals surface area contributed by atoms with Gasteiger partial charge in [-0.3, -0.25) is 9.56 Å². The van der Waals surface area contributed by atoms with E-state index in [1.54, 1.807) is 12.4 Å². The molecule has 1 heterocycles. The maximum atomic E-state index is 12.1. The Kier molecular flexibility index (Phi) is 8.37. The van der Waals surface area contributed by atoms with Crippen molar-refractivity contribution < 1.29 is 4.79 Å². The zero-order chi connectivity index (χ0) is 19.8. The van der Waals surface area contributed by atoms with Crippen LogP contribution in [0.2, 0.25) is 0 Å². The molecule has 0 spiro atoms. The number of hydrogen-bond donors (Lipinski definition) is 2. The lowest BCUT2D eigenvalue weighted by Gasteiger charge is -2.29. The first-order valence-corrected chi connectivity index (χ1v) is 11.0. The second-order valence-electron chi connectivity index (χ2n) is 7.54. The predicted octanol–water partition coefficient (Wildman–Crippen LogP) is 3.60. The van der Waals surface area contributed by atoms with E-state index in [0.29, 0.717) is 0 Å². The molecule has 2 aliphatic rings. The van der Waals surface area contributed by atoms with E-state index in [0.717, 1.165) is 63.4 Å². The fourth-order valence-electron chi connectivity index (χ4n) is 3.77. The third-order valence-electron chi connectivity index (χ3n) is 5.48. The van der Waals surface area contributed by atoms with Gasteiger partial charge in [0.15, 0.2) is 0 Å². The van der Waals surface area contributed by atoms with E-state index in [2.05, 4.69) is 20.6 Å². The Labute approximate surface area is 176 Å². The molecule has 1 aromatic rings. The minimum atomic E-state index is -0.184. The lowest BCUT2D eigenvalue weighted by atomic mass is 9.84. The van der Waals surface area contributed by atoms with Crippen LogP contribution in [0.5, 0.6) is 0 Å². The normalized spacial score (nSPS) is 29.1. The van der Waals surface area contributed by atoms with Crippen molar-refractivity contribution in [2.24, 2.45) is 10.9 Å². The summed E-state index contributed by atoms with van der Waals surface area (Å²) in [6.07, 6.45) is 15.2. The molecule has 1 fully saturated rings. The number of imidazole rings is 1. The quantitative estimate of drug-likeness (QED) is 0.517. The zero-order valence-electron chi connectivity index (χ0n) is 16.1. The lowest BCUT2D eigenvalue weighted by molar-refractivity contribution is 0.226. The molecule has 0 aromatic carbocycles. The first kappa shape index (κ1) is 21.3. The molecule has 2 unspecified atom stereocenters. The monoisotopic (exact) mass is 425 g/mol. The van der Waals surface area contributed by atoms with Gasteiger partial charge in [0.1, 0.15) is 6.33 Å². The molecular formula is C20H29Cl2N5O. The minimum absolute atomic E-state index is 0.0572. The number of nitrogens with zero attached hydrogens (tertiary/aromatic N) is 3. The van der Waals surface area contributed by atoms with Crippen molar-refractivity contribution in [2.45, 2.75) is 55.3 Å². The van der Waals surface area contributed by atoms with E-state index < -0.39 is 0 Å². The predicted molar refractivity (Wildman–Crippen MR) is 115 cm³/mol. The maximum absolute atomic E-state index is 12.1. The molecule has 0 bridgehead atoms. The van der Waals surface area contributed by atoms with Gasteiger partial charge in [0.2, 0.25) is 0 Å². The van der Waals surface area contributed by atoms with Gasteiger partial charge in [0, 0.05) is 25.0 Å². The van der Waals surface area contributed by atoms with Gasteiger partial charge in [0.05, 0.1) is 23.0 Å². The third-order valence-corrected chi connectivity index (χ3v) is 6.56. The summed E-state index contributed by atoms with van der Waals surface area (Å²) in [6, 6.07) is 0.185. The van der Waals surface area contributed by atoms with Gasteiger partial charge in [-0.05, 0) is 57.1 Å². The van der Waals surface area contributed by atoms with E-state index in [1.165, 1.54) is 17.3 Å². The van der Waals surface area contributed by atoms with E-state index >= 15 is 0 Å². The summed E-state index contributed by atoms with van der Waals surface area (Å²) in [7, 11) is 0. The molecule has 0 radical (unpaired) electrons. The van der Waals surface area contributed by atoms with Gasteiger partial charge in [-0.1, -0.05) is 6.08 Å². The SMILES string of the molecule is O=C(NC1CCC(CCNCCN=C2C=CCC(Cl)C2Cl)CC1)n1ccnc1. The van der Waals surface area contributed by atoms with Crippen LogP contribution in [0.1, 0.15) is 38.5 Å². The number of amides is 1. The van der Waals surface area contributed by atoms with E-state index in [1.807, 2.05) is 12.2 Å². The van der Waals surface area contributed by atoms with Crippen molar-refractivity contribution >= 4 is 34.9 Å². The number of hydrogen-bond acceptors (Lipinski definition) is 4. The highest BCUT2D eigenvalue weighted by atomic mass is 35.5. The van der Waals surface area contributed by atoms with Gasteiger partial charge < -0.3 is 10.6 Å². The summed E-state index contributed by atoms with van der Waals surface area (Å²) < 4.78 is 1.49. The molecule has 154 valence electrons. The van der Waals surface area contributed by atoms with E-state index in [4.69, 9.17) is 23.2 Å². The van der Waals surface area contributed by atoms with Gasteiger partial charge in [-0.2, -0.15) is 0 Å². The Morgan fingerprint density at radius 1 is 1.25 bits per heavy atom. The third kappa shape index (κ3) is 6.33. The van der Waals surface area contributed by atoms with E-state index in [-0.39, 0.29) is 22.8 Å². The van der Waals surface area contributed by atoms with Gasteiger partial charge >= 0.3 is 6.03 Å². The van der Waals surface area contributed by atoms with Crippen LogP contribution >= 0.6 is 23.2 Å². The van der Waals surface area contributed by atoms with Crippen molar-refractivity contribution in [3.8, 4) is 0 Å². The fraction of sp³-hybridized carbons (Fsp3) is 0.650. The number of nitrogens with one attached hydrogen (secondary N) is 2. The van der Waals surface area contributed by atoms with E-state index in [9.17, 15) is 4.79 Å². The molecule has 6 nitrogen and oxygen atoms in total. The van der Waals surface area contributed by atoms with Gasteiger partial charge in [0.25, 0.3) is 0 Å². The molecule has 1 amide bonds. The first-order valence-electron chi connectivity index (χ1n) is 10.1. The molecule has 2 aliphatic carbocycles. The average Bonchev–Trinajstić information content (AvgIpc) is 3.24. The number of aromatic nitrogens is 2.